The maximum atomic E-state index is 10.4. The van der Waals surface area contributed by atoms with Crippen molar-refractivity contribution in [1.82, 2.24) is 10.2 Å². The minimum Gasteiger partial charge on any atom is -0.481 e. The van der Waals surface area contributed by atoms with Crippen molar-refractivity contribution in [2.24, 2.45) is 0 Å². The Kier molecular flexibility index (Phi) is 4.76. The smallest absolute Gasteiger partial charge is 0.313 e. The average molecular weight is 275 g/mol. The number of hydrogen-bond donors (Lipinski definition) is 1. The van der Waals surface area contributed by atoms with Gasteiger partial charge in [0.25, 0.3) is 0 Å². The second-order valence-electron chi connectivity index (χ2n) is 4.26. The molecule has 0 aliphatic rings. The van der Waals surface area contributed by atoms with Gasteiger partial charge >= 0.3 is 5.97 Å². The summed E-state index contributed by atoms with van der Waals surface area (Å²) in [5, 5.41) is 17.5. The Balaban J connectivity index is 2.70. The van der Waals surface area contributed by atoms with Crippen LogP contribution in [0, 0.1) is 0 Å². The first-order valence-corrected chi connectivity index (χ1v) is 7.09. The van der Waals surface area contributed by atoms with Crippen molar-refractivity contribution in [1.29, 1.82) is 0 Å². The van der Waals surface area contributed by atoms with Crippen LogP contribution >= 0.6 is 23.1 Å². The molecule has 1 aromatic rings. The van der Waals surface area contributed by atoms with Crippen LogP contribution in [0.2, 0.25) is 0 Å². The lowest BCUT2D eigenvalue weighted by Crippen LogP contribution is -2.40. The summed E-state index contributed by atoms with van der Waals surface area (Å²) >= 11 is 2.63. The first kappa shape index (κ1) is 14.2. The van der Waals surface area contributed by atoms with Crippen LogP contribution in [0.5, 0.6) is 0 Å². The van der Waals surface area contributed by atoms with Crippen LogP contribution in [0.3, 0.4) is 0 Å². The maximum absolute atomic E-state index is 10.4. The van der Waals surface area contributed by atoms with Crippen LogP contribution in [-0.4, -0.2) is 39.6 Å². The Morgan fingerprint density at radius 2 is 2.18 bits per heavy atom. The van der Waals surface area contributed by atoms with Crippen LogP contribution < -0.4 is 4.90 Å². The van der Waals surface area contributed by atoms with Crippen molar-refractivity contribution in [2.45, 2.75) is 37.1 Å². The van der Waals surface area contributed by atoms with Crippen LogP contribution in [0.15, 0.2) is 4.34 Å². The normalized spacial score (nSPS) is 11.5. The second kappa shape index (κ2) is 5.68. The number of carboxylic acids is 1. The lowest BCUT2D eigenvalue weighted by molar-refractivity contribution is -0.133. The fourth-order valence-electron chi connectivity index (χ4n) is 1.02. The van der Waals surface area contributed by atoms with Crippen LogP contribution in [0.4, 0.5) is 5.13 Å². The summed E-state index contributed by atoms with van der Waals surface area (Å²) in [5.74, 6) is -0.816. The molecular weight excluding hydrogens is 258 g/mol. The minimum absolute atomic E-state index is 0.0221. The molecule has 0 saturated carbocycles. The largest absolute Gasteiger partial charge is 0.481 e. The molecule has 1 rings (SSSR count). The molecule has 17 heavy (non-hydrogen) atoms. The van der Waals surface area contributed by atoms with Gasteiger partial charge in [0.2, 0.25) is 5.13 Å². The molecule has 0 atom stereocenters. The number of nitrogens with zero attached hydrogens (tertiary/aromatic N) is 3. The number of rotatable bonds is 6. The average Bonchev–Trinajstić information content (AvgIpc) is 2.73. The predicted octanol–water partition coefficient (Wildman–Crippen LogP) is 2.34. The number of aliphatic carboxylic acids is 1. The number of carbonyl (C=O) groups is 1. The van der Waals surface area contributed by atoms with E-state index in [9.17, 15) is 4.79 Å². The van der Waals surface area contributed by atoms with Gasteiger partial charge in [-0.2, -0.15) is 0 Å². The summed E-state index contributed by atoms with van der Waals surface area (Å²) in [6.45, 7) is 6.40. The van der Waals surface area contributed by atoms with Gasteiger partial charge in [0.15, 0.2) is 4.34 Å². The van der Waals surface area contributed by atoms with E-state index in [1.807, 2.05) is 7.05 Å². The lowest BCUT2D eigenvalue weighted by Gasteiger charge is -2.34. The molecule has 0 amide bonds. The molecule has 5 nitrogen and oxygen atoms in total. The van der Waals surface area contributed by atoms with E-state index in [4.69, 9.17) is 5.11 Å². The van der Waals surface area contributed by atoms with Gasteiger partial charge in [-0.15, -0.1) is 10.2 Å². The van der Waals surface area contributed by atoms with E-state index < -0.39 is 5.97 Å². The van der Waals surface area contributed by atoms with Crippen molar-refractivity contribution < 1.29 is 9.90 Å². The van der Waals surface area contributed by atoms with Gasteiger partial charge in [0.05, 0.1) is 5.75 Å². The van der Waals surface area contributed by atoms with Gasteiger partial charge in [-0.3, -0.25) is 4.79 Å². The van der Waals surface area contributed by atoms with Gasteiger partial charge in [0.1, 0.15) is 0 Å². The topological polar surface area (TPSA) is 66.3 Å². The van der Waals surface area contributed by atoms with Gasteiger partial charge in [-0.1, -0.05) is 30.0 Å². The van der Waals surface area contributed by atoms with Gasteiger partial charge < -0.3 is 10.0 Å². The molecule has 0 saturated heterocycles. The minimum atomic E-state index is -0.839. The quantitative estimate of drug-likeness (QED) is 0.804. The molecule has 0 bridgehead atoms. The number of thioether (sulfide) groups is 1. The van der Waals surface area contributed by atoms with E-state index in [0.717, 1.165) is 11.6 Å². The molecule has 0 radical (unpaired) electrons. The predicted molar refractivity (Wildman–Crippen MR) is 71.0 cm³/mol. The molecule has 1 N–H and O–H groups in total. The molecular formula is C10H17N3O2S2. The molecule has 1 aromatic heterocycles. The van der Waals surface area contributed by atoms with Gasteiger partial charge in [-0.25, -0.2) is 0 Å². The van der Waals surface area contributed by atoms with Crippen LogP contribution in [0.25, 0.3) is 0 Å². The first-order valence-electron chi connectivity index (χ1n) is 5.28. The highest BCUT2D eigenvalue weighted by atomic mass is 32.2. The third kappa shape index (κ3) is 3.85. The third-order valence-electron chi connectivity index (χ3n) is 2.78. The molecule has 0 aromatic carbocycles. The zero-order valence-corrected chi connectivity index (χ0v) is 12.1. The SMILES string of the molecule is CCC(C)(C)N(C)c1nnc(SCC(=O)O)s1. The Morgan fingerprint density at radius 3 is 2.71 bits per heavy atom. The monoisotopic (exact) mass is 275 g/mol. The zero-order valence-electron chi connectivity index (χ0n) is 10.4. The molecule has 0 unspecified atom stereocenters. The van der Waals surface area contributed by atoms with Crippen molar-refractivity contribution >= 4 is 34.2 Å². The van der Waals surface area contributed by atoms with Crippen LogP contribution in [0.1, 0.15) is 27.2 Å². The van der Waals surface area contributed by atoms with Crippen LogP contribution in [-0.2, 0) is 4.79 Å². The van der Waals surface area contributed by atoms with E-state index >= 15 is 0 Å². The Labute approximate surface area is 109 Å². The number of aromatic nitrogens is 2. The summed E-state index contributed by atoms with van der Waals surface area (Å²) in [6.07, 6.45) is 1.00. The van der Waals surface area contributed by atoms with Crippen molar-refractivity contribution in [2.75, 3.05) is 17.7 Å². The van der Waals surface area contributed by atoms with Crippen molar-refractivity contribution in [3.8, 4) is 0 Å². The Hall–Kier alpha value is -0.820. The third-order valence-corrected chi connectivity index (χ3v) is 4.89. The summed E-state index contributed by atoms with van der Waals surface area (Å²) < 4.78 is 0.696. The van der Waals surface area contributed by atoms with E-state index in [2.05, 4.69) is 35.9 Å². The molecule has 0 aliphatic heterocycles. The number of anilines is 1. The van der Waals surface area contributed by atoms with Crippen molar-refractivity contribution in [3.05, 3.63) is 0 Å². The van der Waals surface area contributed by atoms with E-state index in [1.54, 1.807) is 0 Å². The molecule has 7 heteroatoms. The zero-order chi connectivity index (χ0) is 13.1. The molecule has 96 valence electrons. The molecule has 0 fully saturated rings. The van der Waals surface area contributed by atoms with E-state index in [0.29, 0.717) is 4.34 Å². The fraction of sp³-hybridized carbons (Fsp3) is 0.700. The summed E-state index contributed by atoms with van der Waals surface area (Å²) in [5.41, 5.74) is 0.0221. The fourth-order valence-corrected chi connectivity index (χ4v) is 2.70. The van der Waals surface area contributed by atoms with E-state index in [1.165, 1.54) is 23.1 Å². The van der Waals surface area contributed by atoms with E-state index in [-0.39, 0.29) is 11.3 Å². The lowest BCUT2D eigenvalue weighted by atomic mass is 10.0. The molecule has 0 spiro atoms. The number of carboxylic acid groups (broad SMARTS) is 1. The van der Waals surface area contributed by atoms with Gasteiger partial charge in [-0.05, 0) is 20.3 Å². The highest BCUT2D eigenvalue weighted by Crippen LogP contribution is 2.31. The first-order chi connectivity index (χ1) is 7.86. The summed E-state index contributed by atoms with van der Waals surface area (Å²) in [4.78, 5) is 12.5. The highest BCUT2D eigenvalue weighted by molar-refractivity contribution is 8.01. The second-order valence-corrected chi connectivity index (χ2v) is 6.44. The number of hydrogen-bond acceptors (Lipinski definition) is 6. The standard InChI is InChI=1S/C10H17N3O2S2/c1-5-10(2,3)13(4)8-11-12-9(17-8)16-6-7(14)15/h5-6H2,1-4H3,(H,14,15). The van der Waals surface area contributed by atoms with Gasteiger partial charge in [0, 0.05) is 12.6 Å². The highest BCUT2D eigenvalue weighted by Gasteiger charge is 2.24. The Morgan fingerprint density at radius 1 is 1.53 bits per heavy atom. The summed E-state index contributed by atoms with van der Waals surface area (Å²) in [7, 11) is 1.98. The Bertz CT molecular complexity index is 393. The maximum Gasteiger partial charge on any atom is 0.313 e. The molecule has 1 heterocycles. The molecule has 0 aliphatic carbocycles. The summed E-state index contributed by atoms with van der Waals surface area (Å²) in [6, 6.07) is 0. The van der Waals surface area contributed by atoms with Crippen molar-refractivity contribution in [3.63, 3.8) is 0 Å².